The summed E-state index contributed by atoms with van der Waals surface area (Å²) >= 11 is 0. The van der Waals surface area contributed by atoms with Crippen LogP contribution in [0, 0.1) is 0 Å². The molecular weight excluding hydrogens is 256 g/mol. The number of allylic oxidation sites excluding steroid dienone is 1. The fourth-order valence-electron chi connectivity index (χ4n) is 2.16. The average Bonchev–Trinajstić information content (AvgIpc) is 2.41. The van der Waals surface area contributed by atoms with Crippen molar-refractivity contribution in [3.8, 4) is 0 Å². The lowest BCUT2D eigenvalue weighted by molar-refractivity contribution is -0.136. The summed E-state index contributed by atoms with van der Waals surface area (Å²) in [6.07, 6.45) is 7.01. The number of aliphatic carboxylic acids is 1. The Morgan fingerprint density at radius 3 is 2.55 bits per heavy atom. The summed E-state index contributed by atoms with van der Waals surface area (Å²) in [7, 11) is 0. The van der Waals surface area contributed by atoms with E-state index in [-0.39, 0.29) is 18.5 Å². The maximum absolute atomic E-state index is 11.8. The van der Waals surface area contributed by atoms with Gasteiger partial charge in [-0.1, -0.05) is 24.3 Å². The van der Waals surface area contributed by atoms with Gasteiger partial charge in [0.15, 0.2) is 0 Å². The van der Waals surface area contributed by atoms with Crippen molar-refractivity contribution in [1.82, 2.24) is 5.32 Å². The molecule has 0 saturated heterocycles. The monoisotopic (exact) mass is 274 g/mol. The molecule has 1 aromatic carbocycles. The van der Waals surface area contributed by atoms with E-state index in [0.29, 0.717) is 11.3 Å². The molecule has 0 radical (unpaired) electrons. The molecule has 0 aliphatic heterocycles. The molecule has 1 aliphatic rings. The fraction of sp³-hybridized carbons (Fsp3) is 0.333. The number of carbonyl (C=O) groups excluding carboxylic acids is 1. The lowest BCUT2D eigenvalue weighted by atomic mass is 10.0. The standard InChI is InChI=1S/C15H18N2O3/c18-14(19)10-11-6-8-13(9-7-11)17-15(20)16-12-4-2-1-3-5-12/h1-2,6-9,12H,3-5,10H2,(H,18,19)(H2,16,17,20). The van der Waals surface area contributed by atoms with Crippen LogP contribution < -0.4 is 10.6 Å². The number of urea groups is 1. The predicted octanol–water partition coefficient (Wildman–Crippen LogP) is 2.54. The molecule has 2 amide bonds. The van der Waals surface area contributed by atoms with Crippen molar-refractivity contribution in [2.45, 2.75) is 31.7 Å². The predicted molar refractivity (Wildman–Crippen MR) is 76.7 cm³/mol. The molecule has 0 spiro atoms. The average molecular weight is 274 g/mol. The number of carboxylic acids is 1. The quantitative estimate of drug-likeness (QED) is 0.738. The van der Waals surface area contributed by atoms with Gasteiger partial charge in [0.1, 0.15) is 0 Å². The zero-order valence-corrected chi connectivity index (χ0v) is 11.1. The molecule has 106 valence electrons. The third kappa shape index (κ3) is 4.42. The van der Waals surface area contributed by atoms with E-state index in [4.69, 9.17) is 5.11 Å². The first-order valence-corrected chi connectivity index (χ1v) is 6.67. The lowest BCUT2D eigenvalue weighted by Gasteiger charge is -2.19. The SMILES string of the molecule is O=C(O)Cc1ccc(NC(=O)NC2CC=CCC2)cc1. The summed E-state index contributed by atoms with van der Waals surface area (Å²) in [5.74, 6) is -0.867. The molecule has 0 bridgehead atoms. The maximum Gasteiger partial charge on any atom is 0.319 e. The van der Waals surface area contributed by atoms with Crippen LogP contribution in [0.5, 0.6) is 0 Å². The molecule has 1 unspecified atom stereocenters. The molecule has 5 heteroatoms. The smallest absolute Gasteiger partial charge is 0.319 e. The van der Waals surface area contributed by atoms with Crippen molar-refractivity contribution in [2.75, 3.05) is 5.32 Å². The van der Waals surface area contributed by atoms with Gasteiger partial charge in [0.2, 0.25) is 0 Å². The van der Waals surface area contributed by atoms with Crippen LogP contribution in [0.15, 0.2) is 36.4 Å². The highest BCUT2D eigenvalue weighted by atomic mass is 16.4. The molecule has 0 saturated carbocycles. The Balaban J connectivity index is 1.84. The Morgan fingerprint density at radius 1 is 1.20 bits per heavy atom. The van der Waals surface area contributed by atoms with Crippen LogP contribution in [0.2, 0.25) is 0 Å². The summed E-state index contributed by atoms with van der Waals surface area (Å²) in [6, 6.07) is 6.78. The minimum atomic E-state index is -0.867. The largest absolute Gasteiger partial charge is 0.481 e. The molecule has 20 heavy (non-hydrogen) atoms. The molecule has 2 rings (SSSR count). The molecule has 0 heterocycles. The third-order valence-corrected chi connectivity index (χ3v) is 3.17. The zero-order valence-electron chi connectivity index (χ0n) is 11.1. The molecule has 0 fully saturated rings. The Kier molecular flexibility index (Phi) is 4.76. The van der Waals surface area contributed by atoms with Gasteiger partial charge in [-0.15, -0.1) is 0 Å². The Hall–Kier alpha value is -2.30. The van der Waals surface area contributed by atoms with Gasteiger partial charge in [-0.2, -0.15) is 0 Å². The third-order valence-electron chi connectivity index (χ3n) is 3.17. The number of hydrogen-bond acceptors (Lipinski definition) is 2. The van der Waals surface area contributed by atoms with Gasteiger partial charge in [0.05, 0.1) is 6.42 Å². The molecule has 1 atom stereocenters. The van der Waals surface area contributed by atoms with E-state index in [0.717, 1.165) is 19.3 Å². The Bertz CT molecular complexity index is 508. The topological polar surface area (TPSA) is 78.4 Å². The van der Waals surface area contributed by atoms with E-state index in [2.05, 4.69) is 22.8 Å². The van der Waals surface area contributed by atoms with Crippen molar-refractivity contribution >= 4 is 17.7 Å². The van der Waals surface area contributed by atoms with Crippen LogP contribution in [0.25, 0.3) is 0 Å². The molecule has 1 aliphatic carbocycles. The number of benzene rings is 1. The number of carboxylic acid groups (broad SMARTS) is 1. The van der Waals surface area contributed by atoms with E-state index in [9.17, 15) is 9.59 Å². The van der Waals surface area contributed by atoms with Gasteiger partial charge in [-0.3, -0.25) is 4.79 Å². The van der Waals surface area contributed by atoms with Crippen molar-refractivity contribution in [2.24, 2.45) is 0 Å². The summed E-state index contributed by atoms with van der Waals surface area (Å²) in [6.45, 7) is 0. The first-order chi connectivity index (χ1) is 9.63. The van der Waals surface area contributed by atoms with Crippen LogP contribution in [0.4, 0.5) is 10.5 Å². The highest BCUT2D eigenvalue weighted by Gasteiger charge is 2.12. The van der Waals surface area contributed by atoms with Crippen molar-refractivity contribution < 1.29 is 14.7 Å². The number of carbonyl (C=O) groups is 2. The number of anilines is 1. The van der Waals surface area contributed by atoms with Crippen LogP contribution >= 0.6 is 0 Å². The van der Waals surface area contributed by atoms with Crippen molar-refractivity contribution in [3.05, 3.63) is 42.0 Å². The summed E-state index contributed by atoms with van der Waals surface area (Å²) in [4.78, 5) is 22.4. The van der Waals surface area contributed by atoms with Crippen LogP contribution in [-0.4, -0.2) is 23.1 Å². The second-order valence-electron chi connectivity index (χ2n) is 4.85. The summed E-state index contributed by atoms with van der Waals surface area (Å²) < 4.78 is 0. The van der Waals surface area contributed by atoms with Gasteiger partial charge >= 0.3 is 12.0 Å². The molecule has 5 nitrogen and oxygen atoms in total. The van der Waals surface area contributed by atoms with Gasteiger partial charge in [0, 0.05) is 11.7 Å². The van der Waals surface area contributed by atoms with E-state index in [1.54, 1.807) is 24.3 Å². The number of hydrogen-bond donors (Lipinski definition) is 3. The number of nitrogens with one attached hydrogen (secondary N) is 2. The Morgan fingerprint density at radius 2 is 1.95 bits per heavy atom. The molecule has 1 aromatic rings. The molecule has 3 N–H and O–H groups in total. The van der Waals surface area contributed by atoms with E-state index < -0.39 is 5.97 Å². The van der Waals surface area contributed by atoms with Crippen LogP contribution in [-0.2, 0) is 11.2 Å². The number of rotatable bonds is 4. The highest BCUT2D eigenvalue weighted by molar-refractivity contribution is 5.89. The highest BCUT2D eigenvalue weighted by Crippen LogP contribution is 2.12. The van der Waals surface area contributed by atoms with Gasteiger partial charge < -0.3 is 15.7 Å². The molecular formula is C15H18N2O3. The Labute approximate surface area is 117 Å². The number of amides is 2. The van der Waals surface area contributed by atoms with Gasteiger partial charge in [-0.25, -0.2) is 4.79 Å². The molecule has 0 aromatic heterocycles. The zero-order chi connectivity index (χ0) is 14.4. The fourth-order valence-corrected chi connectivity index (χ4v) is 2.16. The van der Waals surface area contributed by atoms with Gasteiger partial charge in [0.25, 0.3) is 0 Å². The second kappa shape index (κ2) is 6.75. The van der Waals surface area contributed by atoms with Crippen LogP contribution in [0.3, 0.4) is 0 Å². The minimum Gasteiger partial charge on any atom is -0.481 e. The van der Waals surface area contributed by atoms with E-state index in [1.165, 1.54) is 0 Å². The van der Waals surface area contributed by atoms with E-state index >= 15 is 0 Å². The minimum absolute atomic E-state index is 0.0130. The van der Waals surface area contributed by atoms with Gasteiger partial charge in [-0.05, 0) is 37.0 Å². The van der Waals surface area contributed by atoms with Crippen LogP contribution in [0.1, 0.15) is 24.8 Å². The lowest BCUT2D eigenvalue weighted by Crippen LogP contribution is -2.38. The first-order valence-electron chi connectivity index (χ1n) is 6.67. The normalized spacial score (nSPS) is 17.5. The summed E-state index contributed by atoms with van der Waals surface area (Å²) in [5, 5.41) is 14.3. The van der Waals surface area contributed by atoms with E-state index in [1.807, 2.05) is 0 Å². The maximum atomic E-state index is 11.8. The second-order valence-corrected chi connectivity index (χ2v) is 4.85. The first kappa shape index (κ1) is 14.1. The van der Waals surface area contributed by atoms with Crippen molar-refractivity contribution in [1.29, 1.82) is 0 Å². The summed E-state index contributed by atoms with van der Waals surface area (Å²) in [5.41, 5.74) is 1.36. The van der Waals surface area contributed by atoms with Crippen molar-refractivity contribution in [3.63, 3.8) is 0 Å².